The summed E-state index contributed by atoms with van der Waals surface area (Å²) in [5.41, 5.74) is 6.51. The average molecular weight is 279 g/mol. The third-order valence-electron chi connectivity index (χ3n) is 2.70. The van der Waals surface area contributed by atoms with E-state index in [1.807, 2.05) is 37.3 Å². The molecule has 1 aromatic carbocycles. The van der Waals surface area contributed by atoms with Crippen LogP contribution in [0.25, 0.3) is 0 Å². The molecule has 0 bridgehead atoms. The van der Waals surface area contributed by atoms with Gasteiger partial charge in [-0.15, -0.1) is 0 Å². The first-order valence-corrected chi connectivity index (χ1v) is 6.75. The van der Waals surface area contributed by atoms with Crippen molar-refractivity contribution in [2.75, 3.05) is 6.61 Å². The standard InChI is InChI=1S/C15H21NO4/c1-2-6-13(16)15(18)19-10-9-14(17)20-11-12-7-4-3-5-8-12/h3-5,7-8,13H,2,6,9-11,16H2,1H3. The maximum absolute atomic E-state index is 11.4. The van der Waals surface area contributed by atoms with Gasteiger partial charge in [-0.3, -0.25) is 9.59 Å². The van der Waals surface area contributed by atoms with Crippen molar-refractivity contribution >= 4 is 11.9 Å². The van der Waals surface area contributed by atoms with Crippen LogP contribution >= 0.6 is 0 Å². The molecule has 0 heterocycles. The van der Waals surface area contributed by atoms with Gasteiger partial charge in [0.2, 0.25) is 0 Å². The van der Waals surface area contributed by atoms with Crippen LogP contribution in [0.15, 0.2) is 30.3 Å². The highest BCUT2D eigenvalue weighted by Crippen LogP contribution is 2.02. The largest absolute Gasteiger partial charge is 0.464 e. The van der Waals surface area contributed by atoms with Crippen LogP contribution in [0, 0.1) is 0 Å². The van der Waals surface area contributed by atoms with Crippen molar-refractivity contribution in [2.24, 2.45) is 5.73 Å². The van der Waals surface area contributed by atoms with Crippen molar-refractivity contribution in [3.8, 4) is 0 Å². The Morgan fingerprint density at radius 3 is 2.55 bits per heavy atom. The smallest absolute Gasteiger partial charge is 0.322 e. The van der Waals surface area contributed by atoms with E-state index in [4.69, 9.17) is 15.2 Å². The first kappa shape index (κ1) is 16.2. The first-order chi connectivity index (χ1) is 9.63. The second-order valence-electron chi connectivity index (χ2n) is 4.46. The minimum atomic E-state index is -0.611. The Morgan fingerprint density at radius 2 is 1.90 bits per heavy atom. The van der Waals surface area contributed by atoms with E-state index in [2.05, 4.69) is 0 Å². The summed E-state index contributed by atoms with van der Waals surface area (Å²) in [4.78, 5) is 22.8. The molecule has 0 fully saturated rings. The molecule has 0 aliphatic heterocycles. The Balaban J connectivity index is 2.16. The lowest BCUT2D eigenvalue weighted by Gasteiger charge is -2.10. The molecule has 1 rings (SSSR count). The van der Waals surface area contributed by atoms with Crippen molar-refractivity contribution < 1.29 is 19.1 Å². The lowest BCUT2D eigenvalue weighted by molar-refractivity contribution is -0.150. The van der Waals surface area contributed by atoms with E-state index in [1.54, 1.807) is 0 Å². The summed E-state index contributed by atoms with van der Waals surface area (Å²) in [6.45, 7) is 2.17. The molecule has 0 radical (unpaired) electrons. The topological polar surface area (TPSA) is 78.6 Å². The number of hydrogen-bond donors (Lipinski definition) is 1. The van der Waals surface area contributed by atoms with E-state index in [1.165, 1.54) is 0 Å². The Kier molecular flexibility index (Phi) is 7.35. The van der Waals surface area contributed by atoms with Crippen LogP contribution in [0.2, 0.25) is 0 Å². The Labute approximate surface area is 119 Å². The zero-order valence-corrected chi connectivity index (χ0v) is 11.7. The van der Waals surface area contributed by atoms with Gasteiger partial charge in [0.15, 0.2) is 0 Å². The van der Waals surface area contributed by atoms with Gasteiger partial charge >= 0.3 is 11.9 Å². The van der Waals surface area contributed by atoms with E-state index in [9.17, 15) is 9.59 Å². The number of ether oxygens (including phenoxy) is 2. The summed E-state index contributed by atoms with van der Waals surface area (Å²) in [5, 5.41) is 0. The molecule has 1 aromatic rings. The van der Waals surface area contributed by atoms with E-state index in [0.29, 0.717) is 6.42 Å². The normalized spacial score (nSPS) is 11.7. The monoisotopic (exact) mass is 279 g/mol. The van der Waals surface area contributed by atoms with Crippen LogP contribution in [0.1, 0.15) is 31.7 Å². The predicted octanol–water partition coefficient (Wildman–Crippen LogP) is 1.79. The maximum atomic E-state index is 11.4. The molecule has 0 aromatic heterocycles. The van der Waals surface area contributed by atoms with Gasteiger partial charge in [0.25, 0.3) is 0 Å². The number of hydrogen-bond acceptors (Lipinski definition) is 5. The zero-order valence-electron chi connectivity index (χ0n) is 11.7. The molecule has 20 heavy (non-hydrogen) atoms. The van der Waals surface area contributed by atoms with Gasteiger partial charge in [-0.2, -0.15) is 0 Å². The fourth-order valence-corrected chi connectivity index (χ4v) is 1.58. The molecule has 110 valence electrons. The van der Waals surface area contributed by atoms with Crippen molar-refractivity contribution in [3.05, 3.63) is 35.9 Å². The summed E-state index contributed by atoms with van der Waals surface area (Å²) in [7, 11) is 0. The van der Waals surface area contributed by atoms with Gasteiger partial charge in [-0.1, -0.05) is 43.7 Å². The molecule has 1 unspecified atom stereocenters. The molecular weight excluding hydrogens is 258 g/mol. The van der Waals surface area contributed by atoms with Crippen molar-refractivity contribution in [1.82, 2.24) is 0 Å². The number of rotatable bonds is 8. The molecule has 0 spiro atoms. The van der Waals surface area contributed by atoms with Gasteiger partial charge in [0.1, 0.15) is 19.3 Å². The maximum Gasteiger partial charge on any atom is 0.322 e. The van der Waals surface area contributed by atoms with Gasteiger partial charge in [0, 0.05) is 0 Å². The van der Waals surface area contributed by atoms with Gasteiger partial charge < -0.3 is 15.2 Å². The van der Waals surface area contributed by atoms with Crippen LogP contribution < -0.4 is 5.73 Å². The summed E-state index contributed by atoms with van der Waals surface area (Å²) in [6.07, 6.45) is 1.43. The van der Waals surface area contributed by atoms with E-state index >= 15 is 0 Å². The van der Waals surface area contributed by atoms with Gasteiger partial charge in [0.05, 0.1) is 6.42 Å². The number of carbonyl (C=O) groups is 2. The second-order valence-corrected chi connectivity index (χ2v) is 4.46. The Hall–Kier alpha value is -1.88. The van der Waals surface area contributed by atoms with Gasteiger partial charge in [-0.05, 0) is 12.0 Å². The predicted molar refractivity (Wildman–Crippen MR) is 74.7 cm³/mol. The summed E-state index contributed by atoms with van der Waals surface area (Å²) < 4.78 is 9.97. The van der Waals surface area contributed by atoms with E-state index in [-0.39, 0.29) is 19.6 Å². The molecule has 0 saturated heterocycles. The lowest BCUT2D eigenvalue weighted by atomic mass is 10.2. The van der Waals surface area contributed by atoms with Crippen LogP contribution in [-0.4, -0.2) is 24.6 Å². The molecule has 0 saturated carbocycles. The number of carbonyl (C=O) groups excluding carboxylic acids is 2. The minimum absolute atomic E-state index is 0.00384. The third-order valence-corrected chi connectivity index (χ3v) is 2.70. The number of nitrogens with two attached hydrogens (primary N) is 1. The van der Waals surface area contributed by atoms with Crippen LogP contribution in [0.4, 0.5) is 0 Å². The van der Waals surface area contributed by atoms with Crippen LogP contribution in [0.3, 0.4) is 0 Å². The molecule has 5 nitrogen and oxygen atoms in total. The number of esters is 2. The second kappa shape index (κ2) is 9.09. The zero-order chi connectivity index (χ0) is 14.8. The average Bonchev–Trinajstić information content (AvgIpc) is 2.46. The number of benzene rings is 1. The summed E-state index contributed by atoms with van der Waals surface area (Å²) in [6, 6.07) is 8.78. The lowest BCUT2D eigenvalue weighted by Crippen LogP contribution is -2.32. The highest BCUT2D eigenvalue weighted by atomic mass is 16.5. The highest BCUT2D eigenvalue weighted by Gasteiger charge is 2.14. The fourth-order valence-electron chi connectivity index (χ4n) is 1.58. The van der Waals surface area contributed by atoms with E-state index < -0.39 is 18.0 Å². The molecule has 2 N–H and O–H groups in total. The van der Waals surface area contributed by atoms with Crippen LogP contribution in [0.5, 0.6) is 0 Å². The van der Waals surface area contributed by atoms with Gasteiger partial charge in [-0.25, -0.2) is 0 Å². The Bertz CT molecular complexity index is 419. The molecule has 1 atom stereocenters. The summed E-state index contributed by atoms with van der Waals surface area (Å²) >= 11 is 0. The van der Waals surface area contributed by atoms with E-state index in [0.717, 1.165) is 12.0 Å². The first-order valence-electron chi connectivity index (χ1n) is 6.75. The molecule has 5 heteroatoms. The van der Waals surface area contributed by atoms with Crippen molar-refractivity contribution in [3.63, 3.8) is 0 Å². The van der Waals surface area contributed by atoms with Crippen LogP contribution in [-0.2, 0) is 25.7 Å². The minimum Gasteiger partial charge on any atom is -0.464 e. The molecule has 0 amide bonds. The highest BCUT2D eigenvalue weighted by molar-refractivity contribution is 5.76. The Morgan fingerprint density at radius 1 is 1.20 bits per heavy atom. The van der Waals surface area contributed by atoms with Crippen molar-refractivity contribution in [1.29, 1.82) is 0 Å². The molecule has 0 aliphatic rings. The third kappa shape index (κ3) is 6.33. The fraction of sp³-hybridized carbons (Fsp3) is 0.467. The molecular formula is C15H21NO4. The quantitative estimate of drug-likeness (QED) is 0.734. The van der Waals surface area contributed by atoms with Crippen molar-refractivity contribution in [2.45, 2.75) is 38.8 Å². The molecule has 0 aliphatic carbocycles. The SMILES string of the molecule is CCCC(N)C(=O)OCCC(=O)OCc1ccccc1. The summed E-state index contributed by atoms with van der Waals surface area (Å²) in [5.74, 6) is -0.867.